The molecule has 3 nitrogen and oxygen atoms in total. The number of benzene rings is 2. The third-order valence-corrected chi connectivity index (χ3v) is 6.22. The molecule has 2 aromatic rings. The van der Waals surface area contributed by atoms with Gasteiger partial charge in [0.05, 0.1) is 5.41 Å². The molecule has 0 saturated heterocycles. The number of nitrogens with zero attached hydrogens (tertiary/aromatic N) is 1. The van der Waals surface area contributed by atoms with Crippen molar-refractivity contribution in [1.82, 2.24) is 10.2 Å². The minimum atomic E-state index is -0.515. The molecule has 1 amide bonds. The maximum atomic E-state index is 13.4. The number of amides is 1. The lowest BCUT2D eigenvalue weighted by molar-refractivity contribution is -0.130. The van der Waals surface area contributed by atoms with Crippen LogP contribution in [0.4, 0.5) is 0 Å². The van der Waals surface area contributed by atoms with Crippen molar-refractivity contribution < 1.29 is 4.79 Å². The largest absolute Gasteiger partial charge is 0.354 e. The summed E-state index contributed by atoms with van der Waals surface area (Å²) in [7, 11) is 4.05. The van der Waals surface area contributed by atoms with E-state index < -0.39 is 5.41 Å². The van der Waals surface area contributed by atoms with E-state index in [-0.39, 0.29) is 16.7 Å². The van der Waals surface area contributed by atoms with Crippen LogP contribution in [0.1, 0.15) is 70.7 Å². The van der Waals surface area contributed by atoms with Gasteiger partial charge in [-0.25, -0.2) is 0 Å². The van der Waals surface area contributed by atoms with E-state index >= 15 is 0 Å². The molecule has 0 unspecified atom stereocenters. The predicted molar refractivity (Wildman–Crippen MR) is 137 cm³/mol. The zero-order chi connectivity index (χ0) is 24.2. The van der Waals surface area contributed by atoms with Crippen molar-refractivity contribution in [3.63, 3.8) is 0 Å². The summed E-state index contributed by atoms with van der Waals surface area (Å²) in [5, 5.41) is 3.19. The van der Waals surface area contributed by atoms with Crippen molar-refractivity contribution >= 4 is 5.91 Å². The molecule has 176 valence electrons. The zero-order valence-electron chi connectivity index (χ0n) is 21.8. The van der Waals surface area contributed by atoms with Crippen molar-refractivity contribution in [3.8, 4) is 0 Å². The van der Waals surface area contributed by atoms with Gasteiger partial charge >= 0.3 is 0 Å². The quantitative estimate of drug-likeness (QED) is 0.571. The van der Waals surface area contributed by atoms with Crippen LogP contribution in [0.15, 0.2) is 48.5 Å². The average molecular weight is 437 g/mol. The van der Waals surface area contributed by atoms with Gasteiger partial charge in [-0.3, -0.25) is 4.79 Å². The van der Waals surface area contributed by atoms with Crippen LogP contribution < -0.4 is 5.32 Å². The molecular formula is C29H44N2O. The second-order valence-corrected chi connectivity index (χ2v) is 11.9. The fourth-order valence-electron chi connectivity index (χ4n) is 3.98. The fourth-order valence-corrected chi connectivity index (χ4v) is 3.98. The molecule has 0 heterocycles. The number of hydrogen-bond donors (Lipinski definition) is 1. The highest BCUT2D eigenvalue weighted by molar-refractivity contribution is 5.83. The fraction of sp³-hybridized carbons (Fsp3) is 0.552. The summed E-state index contributed by atoms with van der Waals surface area (Å²) in [5.74, 6) is 0.124. The van der Waals surface area contributed by atoms with E-state index in [9.17, 15) is 4.79 Å². The summed E-state index contributed by atoms with van der Waals surface area (Å²) >= 11 is 0. The van der Waals surface area contributed by atoms with Crippen molar-refractivity contribution in [2.24, 2.45) is 5.41 Å². The van der Waals surface area contributed by atoms with Crippen LogP contribution in [0.5, 0.6) is 0 Å². The number of nitrogens with one attached hydrogen (secondary N) is 1. The maximum Gasteiger partial charge on any atom is 0.226 e. The standard InChI is InChI=1S/C29H44N2O/c1-27(2,3)24-14-10-22(11-15-24)20-29(7,26(32)30-18-19-31(8)9)21-23-12-16-25(17-13-23)28(4,5)6/h10-17H,18-21H2,1-9H3,(H,30,32). The normalized spacial score (nSPS) is 12.8. The molecule has 0 fully saturated rings. The first-order valence-electron chi connectivity index (χ1n) is 11.8. The van der Waals surface area contributed by atoms with E-state index in [2.05, 4.69) is 107 Å². The molecule has 0 bridgehead atoms. The van der Waals surface area contributed by atoms with Gasteiger partial charge in [-0.2, -0.15) is 0 Å². The Balaban J connectivity index is 2.27. The van der Waals surface area contributed by atoms with Crippen molar-refractivity contribution in [2.75, 3.05) is 27.2 Å². The highest BCUT2D eigenvalue weighted by atomic mass is 16.2. The Morgan fingerprint density at radius 3 is 1.41 bits per heavy atom. The SMILES string of the molecule is CN(C)CCNC(=O)C(C)(Cc1ccc(C(C)(C)C)cc1)Cc1ccc(C(C)(C)C)cc1. The zero-order valence-corrected chi connectivity index (χ0v) is 21.8. The van der Waals surface area contributed by atoms with E-state index in [1.54, 1.807) is 0 Å². The number of carbonyl (C=O) groups excluding carboxylic acids is 1. The van der Waals surface area contributed by atoms with Crippen molar-refractivity contribution in [2.45, 2.75) is 72.1 Å². The molecule has 0 atom stereocenters. The van der Waals surface area contributed by atoms with Gasteiger partial charge in [0.2, 0.25) is 5.91 Å². The molecular weight excluding hydrogens is 392 g/mol. The van der Waals surface area contributed by atoms with E-state index in [1.807, 2.05) is 14.1 Å². The van der Waals surface area contributed by atoms with E-state index in [1.165, 1.54) is 22.3 Å². The van der Waals surface area contributed by atoms with Crippen LogP contribution in [-0.4, -0.2) is 38.0 Å². The summed E-state index contributed by atoms with van der Waals surface area (Å²) < 4.78 is 0. The Bertz CT molecular complexity index is 806. The van der Waals surface area contributed by atoms with Crippen LogP contribution in [0.3, 0.4) is 0 Å². The van der Waals surface area contributed by atoms with E-state index in [4.69, 9.17) is 0 Å². The molecule has 32 heavy (non-hydrogen) atoms. The molecule has 0 radical (unpaired) electrons. The average Bonchev–Trinajstić information content (AvgIpc) is 2.67. The maximum absolute atomic E-state index is 13.4. The van der Waals surface area contributed by atoms with Crippen LogP contribution in [0, 0.1) is 5.41 Å². The van der Waals surface area contributed by atoms with Gasteiger partial charge in [0.1, 0.15) is 0 Å². The number of carbonyl (C=O) groups is 1. The molecule has 0 aliphatic rings. The third-order valence-electron chi connectivity index (χ3n) is 6.22. The molecule has 0 saturated carbocycles. The number of rotatable bonds is 8. The van der Waals surface area contributed by atoms with Gasteiger partial charge in [0, 0.05) is 13.1 Å². The molecule has 2 rings (SSSR count). The monoisotopic (exact) mass is 436 g/mol. The molecule has 3 heteroatoms. The minimum absolute atomic E-state index is 0.124. The van der Waals surface area contributed by atoms with Crippen LogP contribution in [0.25, 0.3) is 0 Å². The molecule has 0 aliphatic carbocycles. The predicted octanol–water partition coefficient (Wildman–Crippen LogP) is 5.75. The molecule has 0 spiro atoms. The summed E-state index contributed by atoms with van der Waals surface area (Å²) in [4.78, 5) is 15.5. The highest BCUT2D eigenvalue weighted by Crippen LogP contribution is 2.31. The summed E-state index contributed by atoms with van der Waals surface area (Å²) in [6, 6.07) is 17.6. The number of hydrogen-bond acceptors (Lipinski definition) is 2. The lowest BCUT2D eigenvalue weighted by Crippen LogP contribution is -2.44. The van der Waals surface area contributed by atoms with Crippen molar-refractivity contribution in [3.05, 3.63) is 70.8 Å². The minimum Gasteiger partial charge on any atom is -0.354 e. The van der Waals surface area contributed by atoms with Gasteiger partial charge in [0.15, 0.2) is 0 Å². The van der Waals surface area contributed by atoms with Gasteiger partial charge in [-0.05, 0) is 60.0 Å². The third kappa shape index (κ3) is 7.48. The Kier molecular flexibility index (Phi) is 8.33. The molecule has 1 N–H and O–H groups in total. The molecule has 2 aromatic carbocycles. The Labute approximate surface area is 196 Å². The second kappa shape index (κ2) is 10.2. The van der Waals surface area contributed by atoms with Gasteiger partial charge < -0.3 is 10.2 Å². The van der Waals surface area contributed by atoms with Crippen molar-refractivity contribution in [1.29, 1.82) is 0 Å². The topological polar surface area (TPSA) is 32.3 Å². The smallest absolute Gasteiger partial charge is 0.226 e. The summed E-state index contributed by atoms with van der Waals surface area (Å²) in [5.41, 5.74) is 4.77. The number of likely N-dealkylation sites (N-methyl/N-ethyl adjacent to an activating group) is 1. The summed E-state index contributed by atoms with van der Waals surface area (Å²) in [6.45, 7) is 17.0. The summed E-state index contributed by atoms with van der Waals surface area (Å²) in [6.07, 6.45) is 1.43. The second-order valence-electron chi connectivity index (χ2n) is 11.9. The van der Waals surface area contributed by atoms with Crippen LogP contribution in [0.2, 0.25) is 0 Å². The van der Waals surface area contributed by atoms with Crippen LogP contribution >= 0.6 is 0 Å². The Morgan fingerprint density at radius 1 is 0.719 bits per heavy atom. The Morgan fingerprint density at radius 2 is 1.09 bits per heavy atom. The van der Waals surface area contributed by atoms with Gasteiger partial charge in [0.25, 0.3) is 0 Å². The van der Waals surface area contributed by atoms with E-state index in [0.29, 0.717) is 19.4 Å². The van der Waals surface area contributed by atoms with Gasteiger partial charge in [-0.15, -0.1) is 0 Å². The molecule has 0 aliphatic heterocycles. The van der Waals surface area contributed by atoms with E-state index in [0.717, 1.165) is 6.54 Å². The van der Waals surface area contributed by atoms with Crippen LogP contribution in [-0.2, 0) is 28.5 Å². The molecule has 0 aromatic heterocycles. The first-order chi connectivity index (χ1) is 14.7. The first-order valence-corrected chi connectivity index (χ1v) is 11.8. The lowest BCUT2D eigenvalue weighted by Gasteiger charge is -2.30. The lowest BCUT2D eigenvalue weighted by atomic mass is 9.76. The van der Waals surface area contributed by atoms with Gasteiger partial charge in [-0.1, -0.05) is 97.0 Å². The first kappa shape index (κ1) is 26.1. The Hall–Kier alpha value is -2.13. The highest BCUT2D eigenvalue weighted by Gasteiger charge is 2.34.